The van der Waals surface area contributed by atoms with Crippen molar-refractivity contribution >= 4 is 23.9 Å². The maximum atomic E-state index is 11.3. The molecule has 2 N–H and O–H groups in total. The molecule has 5 heteroatoms. The Morgan fingerprint density at radius 1 is 1.25 bits per heavy atom. The summed E-state index contributed by atoms with van der Waals surface area (Å²) < 4.78 is 4.45. The molecule has 0 unspecified atom stereocenters. The Morgan fingerprint density at radius 2 is 2.00 bits per heavy atom. The van der Waals surface area contributed by atoms with Crippen molar-refractivity contribution < 1.29 is 19.1 Å². The highest BCUT2D eigenvalue weighted by atomic mass is 16.6. The van der Waals surface area contributed by atoms with Crippen LogP contribution in [0.3, 0.4) is 0 Å². The molecule has 0 atom stereocenters. The lowest BCUT2D eigenvalue weighted by atomic mass is 10.0. The van der Waals surface area contributed by atoms with Crippen LogP contribution in [0.25, 0.3) is 6.08 Å². The van der Waals surface area contributed by atoms with Gasteiger partial charge >= 0.3 is 11.9 Å². The molecule has 0 aromatic heterocycles. The number of esters is 2. The number of carbonyl (C=O) groups excluding carboxylic acids is 3. The van der Waals surface area contributed by atoms with Gasteiger partial charge in [-0.1, -0.05) is 12.1 Å². The molecule has 2 rings (SSSR count). The molecule has 0 spiro atoms. The van der Waals surface area contributed by atoms with Crippen molar-refractivity contribution in [2.75, 3.05) is 0 Å². The van der Waals surface area contributed by atoms with Crippen molar-refractivity contribution in [2.45, 2.75) is 0 Å². The van der Waals surface area contributed by atoms with Gasteiger partial charge in [0.2, 0.25) is 5.91 Å². The second-order valence-electron chi connectivity index (χ2n) is 3.18. The Morgan fingerprint density at radius 3 is 2.69 bits per heavy atom. The number of hydrogen-bond donors (Lipinski definition) is 1. The maximum absolute atomic E-state index is 11.3. The quantitative estimate of drug-likeness (QED) is 0.444. The molecule has 1 aliphatic rings. The van der Waals surface area contributed by atoms with Crippen molar-refractivity contribution in [1.82, 2.24) is 0 Å². The van der Waals surface area contributed by atoms with E-state index >= 15 is 0 Å². The molecule has 5 nitrogen and oxygen atoms in total. The predicted molar refractivity (Wildman–Crippen MR) is 54.4 cm³/mol. The van der Waals surface area contributed by atoms with Gasteiger partial charge in [-0.15, -0.1) is 0 Å². The standard InChI is InChI=1S/C11H7NO4/c12-8(13)5-4-6-2-1-3-7-9(6)11(15)16-10(7)14/h1-5H,(H2,12,13). The second-order valence-corrected chi connectivity index (χ2v) is 3.18. The molecule has 80 valence electrons. The van der Waals surface area contributed by atoms with Crippen molar-refractivity contribution in [1.29, 1.82) is 0 Å². The zero-order chi connectivity index (χ0) is 11.7. The lowest BCUT2D eigenvalue weighted by Crippen LogP contribution is -2.05. The number of ether oxygens (including phenoxy) is 1. The summed E-state index contributed by atoms with van der Waals surface area (Å²) in [6.07, 6.45) is 2.49. The Hall–Kier alpha value is -2.43. The van der Waals surface area contributed by atoms with E-state index in [0.717, 1.165) is 6.08 Å². The number of carbonyl (C=O) groups is 3. The highest BCUT2D eigenvalue weighted by Gasteiger charge is 2.31. The van der Waals surface area contributed by atoms with Crippen molar-refractivity contribution in [3.63, 3.8) is 0 Å². The van der Waals surface area contributed by atoms with Gasteiger partial charge in [0.15, 0.2) is 0 Å². The van der Waals surface area contributed by atoms with E-state index in [-0.39, 0.29) is 11.1 Å². The van der Waals surface area contributed by atoms with E-state index in [4.69, 9.17) is 5.73 Å². The van der Waals surface area contributed by atoms with Crippen LogP contribution >= 0.6 is 0 Å². The summed E-state index contributed by atoms with van der Waals surface area (Å²) in [6.45, 7) is 0. The average Bonchev–Trinajstić information content (AvgIpc) is 2.52. The first-order valence-electron chi connectivity index (χ1n) is 4.46. The second kappa shape index (κ2) is 3.62. The number of nitrogens with two attached hydrogens (primary N) is 1. The van der Waals surface area contributed by atoms with E-state index < -0.39 is 17.8 Å². The van der Waals surface area contributed by atoms with Crippen molar-refractivity contribution in [3.05, 3.63) is 41.0 Å². The minimum Gasteiger partial charge on any atom is -0.386 e. The van der Waals surface area contributed by atoms with Crippen LogP contribution in [-0.4, -0.2) is 17.8 Å². The van der Waals surface area contributed by atoms with Gasteiger partial charge in [-0.25, -0.2) is 9.59 Å². The summed E-state index contributed by atoms with van der Waals surface area (Å²) in [5, 5.41) is 0. The number of cyclic esters (lactones) is 2. The van der Waals surface area contributed by atoms with Gasteiger partial charge in [0.05, 0.1) is 11.1 Å². The average molecular weight is 217 g/mol. The lowest BCUT2D eigenvalue weighted by molar-refractivity contribution is -0.113. The largest absolute Gasteiger partial charge is 0.386 e. The first kappa shape index (κ1) is 10.1. The molecule has 1 aromatic rings. The highest BCUT2D eigenvalue weighted by Crippen LogP contribution is 2.24. The highest BCUT2D eigenvalue weighted by molar-refractivity contribution is 6.16. The fraction of sp³-hybridized carbons (Fsp3) is 0. The summed E-state index contributed by atoms with van der Waals surface area (Å²) >= 11 is 0. The number of primary amides is 1. The summed E-state index contributed by atoms with van der Waals surface area (Å²) in [4.78, 5) is 33.1. The molecule has 1 aliphatic heterocycles. The van der Waals surface area contributed by atoms with E-state index in [1.807, 2.05) is 0 Å². The minimum atomic E-state index is -0.704. The molecule has 0 saturated carbocycles. The number of benzene rings is 1. The van der Waals surface area contributed by atoms with Crippen LogP contribution in [-0.2, 0) is 9.53 Å². The van der Waals surface area contributed by atoms with Gasteiger partial charge < -0.3 is 10.5 Å². The van der Waals surface area contributed by atoms with Gasteiger partial charge in [0.1, 0.15) is 0 Å². The molecular formula is C11H7NO4. The molecule has 0 bridgehead atoms. The van der Waals surface area contributed by atoms with Crippen LogP contribution in [0.1, 0.15) is 26.3 Å². The number of hydrogen-bond acceptors (Lipinski definition) is 4. The molecule has 1 aromatic carbocycles. The van der Waals surface area contributed by atoms with E-state index in [0.29, 0.717) is 5.56 Å². The van der Waals surface area contributed by atoms with Crippen LogP contribution in [0.5, 0.6) is 0 Å². The third-order valence-corrected chi connectivity index (χ3v) is 2.13. The Balaban J connectivity index is 2.53. The zero-order valence-corrected chi connectivity index (χ0v) is 8.10. The van der Waals surface area contributed by atoms with Crippen LogP contribution < -0.4 is 5.73 Å². The van der Waals surface area contributed by atoms with Gasteiger partial charge in [-0.3, -0.25) is 4.79 Å². The van der Waals surface area contributed by atoms with Crippen molar-refractivity contribution in [2.24, 2.45) is 5.73 Å². The van der Waals surface area contributed by atoms with Crippen LogP contribution in [0.4, 0.5) is 0 Å². The van der Waals surface area contributed by atoms with E-state index in [1.165, 1.54) is 12.1 Å². The maximum Gasteiger partial charge on any atom is 0.347 e. The Bertz CT molecular complexity index is 531. The fourth-order valence-electron chi connectivity index (χ4n) is 1.47. The molecule has 16 heavy (non-hydrogen) atoms. The fourth-order valence-corrected chi connectivity index (χ4v) is 1.47. The summed E-state index contributed by atoms with van der Waals surface area (Å²) in [5.41, 5.74) is 5.75. The predicted octanol–water partition coefficient (Wildman–Crippen LogP) is 0.496. The number of fused-ring (bicyclic) bond motifs is 1. The number of rotatable bonds is 2. The SMILES string of the molecule is NC(=O)C=Cc1cccc2c1C(=O)OC2=O. The van der Waals surface area contributed by atoms with Gasteiger partial charge in [0, 0.05) is 6.08 Å². The molecule has 0 aliphatic carbocycles. The molecule has 0 saturated heterocycles. The van der Waals surface area contributed by atoms with Gasteiger partial charge in [0.25, 0.3) is 0 Å². The lowest BCUT2D eigenvalue weighted by Gasteiger charge is -1.97. The first-order valence-corrected chi connectivity index (χ1v) is 4.46. The minimum absolute atomic E-state index is 0.171. The van der Waals surface area contributed by atoms with E-state index in [2.05, 4.69) is 4.74 Å². The summed E-state index contributed by atoms with van der Waals surface area (Å²) in [5.74, 6) is -2.01. The number of amides is 1. The Labute approximate surface area is 90.5 Å². The smallest absolute Gasteiger partial charge is 0.347 e. The van der Waals surface area contributed by atoms with E-state index in [9.17, 15) is 14.4 Å². The molecular weight excluding hydrogens is 210 g/mol. The topological polar surface area (TPSA) is 86.5 Å². The summed E-state index contributed by atoms with van der Waals surface area (Å²) in [6, 6.07) is 4.68. The monoisotopic (exact) mass is 217 g/mol. The first-order chi connectivity index (χ1) is 7.59. The molecule has 1 amide bonds. The molecule has 0 fully saturated rings. The molecule has 0 radical (unpaired) electrons. The zero-order valence-electron chi connectivity index (χ0n) is 8.10. The van der Waals surface area contributed by atoms with Gasteiger partial charge in [-0.2, -0.15) is 0 Å². The van der Waals surface area contributed by atoms with E-state index in [1.54, 1.807) is 12.1 Å². The van der Waals surface area contributed by atoms with Crippen LogP contribution in [0.2, 0.25) is 0 Å². The summed E-state index contributed by atoms with van der Waals surface area (Å²) in [7, 11) is 0. The third kappa shape index (κ3) is 1.58. The normalized spacial score (nSPS) is 14.0. The van der Waals surface area contributed by atoms with Gasteiger partial charge in [-0.05, 0) is 17.7 Å². The van der Waals surface area contributed by atoms with Crippen LogP contribution in [0, 0.1) is 0 Å². The molecule has 1 heterocycles. The Kier molecular flexibility index (Phi) is 2.28. The third-order valence-electron chi connectivity index (χ3n) is 2.13. The van der Waals surface area contributed by atoms with Crippen molar-refractivity contribution in [3.8, 4) is 0 Å². The van der Waals surface area contributed by atoms with Crippen LogP contribution in [0.15, 0.2) is 24.3 Å².